The van der Waals surface area contributed by atoms with Gasteiger partial charge in [0.15, 0.2) is 5.96 Å². The SMILES string of the molecule is CCNC(=NCC1(C)CCCS1)NCCNC(=O)C(C)(C)C. The number of nitrogens with zero attached hydrogens (tertiary/aromatic N) is 1. The zero-order chi connectivity index (χ0) is 16.6. The van der Waals surface area contributed by atoms with Crippen molar-refractivity contribution in [2.45, 2.75) is 52.2 Å². The molecule has 5 nitrogen and oxygen atoms in total. The Morgan fingerprint density at radius 1 is 1.23 bits per heavy atom. The fourth-order valence-electron chi connectivity index (χ4n) is 2.17. The summed E-state index contributed by atoms with van der Waals surface area (Å²) in [5.74, 6) is 2.15. The maximum absolute atomic E-state index is 11.8. The number of aliphatic imine (C=N–C) groups is 1. The Labute approximate surface area is 139 Å². The molecule has 22 heavy (non-hydrogen) atoms. The standard InChI is InChI=1S/C16H32N4OS/c1-6-17-14(20-12-16(5)8-7-11-22-16)19-10-9-18-13(21)15(2,3)4/h6-12H2,1-5H3,(H,18,21)(H2,17,19,20). The lowest BCUT2D eigenvalue weighted by molar-refractivity contribution is -0.128. The van der Waals surface area contributed by atoms with Crippen molar-refractivity contribution in [3.8, 4) is 0 Å². The first-order valence-corrected chi connectivity index (χ1v) is 9.20. The van der Waals surface area contributed by atoms with E-state index in [2.05, 4.69) is 29.8 Å². The Balaban J connectivity index is 2.36. The molecule has 1 aliphatic heterocycles. The molecule has 1 fully saturated rings. The minimum Gasteiger partial charge on any atom is -0.357 e. The highest BCUT2D eigenvalue weighted by Crippen LogP contribution is 2.37. The number of amides is 1. The number of carbonyl (C=O) groups is 1. The third-order valence-electron chi connectivity index (χ3n) is 3.60. The number of hydrogen-bond acceptors (Lipinski definition) is 3. The summed E-state index contributed by atoms with van der Waals surface area (Å²) in [7, 11) is 0. The summed E-state index contributed by atoms with van der Waals surface area (Å²) in [5, 5.41) is 9.48. The fourth-order valence-corrected chi connectivity index (χ4v) is 3.40. The van der Waals surface area contributed by atoms with Crippen molar-refractivity contribution in [3.63, 3.8) is 0 Å². The molecule has 128 valence electrons. The zero-order valence-electron chi connectivity index (χ0n) is 14.7. The van der Waals surface area contributed by atoms with Crippen LogP contribution in [0.3, 0.4) is 0 Å². The van der Waals surface area contributed by atoms with E-state index >= 15 is 0 Å². The summed E-state index contributed by atoms with van der Waals surface area (Å²) in [6.07, 6.45) is 2.53. The molecule has 1 amide bonds. The summed E-state index contributed by atoms with van der Waals surface area (Å²) in [6.45, 7) is 13.1. The molecule has 1 heterocycles. The molecule has 1 aliphatic rings. The van der Waals surface area contributed by atoms with Crippen molar-refractivity contribution < 1.29 is 4.79 Å². The molecule has 1 unspecified atom stereocenters. The van der Waals surface area contributed by atoms with Gasteiger partial charge in [-0.2, -0.15) is 11.8 Å². The number of guanidine groups is 1. The van der Waals surface area contributed by atoms with Crippen molar-refractivity contribution in [2.75, 3.05) is 31.9 Å². The highest BCUT2D eigenvalue weighted by atomic mass is 32.2. The summed E-state index contributed by atoms with van der Waals surface area (Å²) in [6, 6.07) is 0. The van der Waals surface area contributed by atoms with Crippen molar-refractivity contribution >= 4 is 23.6 Å². The van der Waals surface area contributed by atoms with E-state index in [9.17, 15) is 4.79 Å². The van der Waals surface area contributed by atoms with Crippen molar-refractivity contribution in [1.29, 1.82) is 0 Å². The van der Waals surface area contributed by atoms with Gasteiger partial charge in [0.2, 0.25) is 5.91 Å². The van der Waals surface area contributed by atoms with Crippen LogP contribution < -0.4 is 16.0 Å². The summed E-state index contributed by atoms with van der Waals surface area (Å²) in [4.78, 5) is 16.5. The molecule has 6 heteroatoms. The minimum atomic E-state index is -0.340. The van der Waals surface area contributed by atoms with Crippen LogP contribution in [0.5, 0.6) is 0 Å². The lowest BCUT2D eigenvalue weighted by Gasteiger charge is -2.21. The quantitative estimate of drug-likeness (QED) is 0.396. The molecule has 0 aromatic heterocycles. The normalized spacial score (nSPS) is 22.5. The second kappa shape index (κ2) is 8.65. The van der Waals surface area contributed by atoms with Crippen molar-refractivity contribution in [2.24, 2.45) is 10.4 Å². The maximum atomic E-state index is 11.8. The van der Waals surface area contributed by atoms with Crippen molar-refractivity contribution in [1.82, 2.24) is 16.0 Å². The van der Waals surface area contributed by atoms with Gasteiger partial charge >= 0.3 is 0 Å². The van der Waals surface area contributed by atoms with Crippen molar-refractivity contribution in [3.05, 3.63) is 0 Å². The largest absolute Gasteiger partial charge is 0.357 e. The molecule has 0 saturated carbocycles. The zero-order valence-corrected chi connectivity index (χ0v) is 15.5. The monoisotopic (exact) mass is 328 g/mol. The van der Waals surface area contributed by atoms with E-state index in [-0.39, 0.29) is 16.1 Å². The number of carbonyl (C=O) groups excluding carboxylic acids is 1. The Morgan fingerprint density at radius 3 is 2.45 bits per heavy atom. The molecule has 0 spiro atoms. The first-order chi connectivity index (χ1) is 10.3. The summed E-state index contributed by atoms with van der Waals surface area (Å²) in [5.41, 5.74) is -0.340. The molecule has 3 N–H and O–H groups in total. The molecule has 0 aromatic rings. The second-order valence-electron chi connectivity index (χ2n) is 7.03. The number of hydrogen-bond donors (Lipinski definition) is 3. The van der Waals surface area contributed by atoms with E-state index in [0.717, 1.165) is 19.0 Å². The van der Waals surface area contributed by atoms with Crippen LogP contribution in [-0.2, 0) is 4.79 Å². The average Bonchev–Trinajstić information content (AvgIpc) is 2.86. The lowest BCUT2D eigenvalue weighted by atomic mass is 9.96. The van der Waals surface area contributed by atoms with E-state index in [4.69, 9.17) is 4.99 Å². The molecule has 0 radical (unpaired) electrons. The molecular weight excluding hydrogens is 296 g/mol. The second-order valence-corrected chi connectivity index (χ2v) is 8.71. The van der Waals surface area contributed by atoms with Crippen LogP contribution in [-0.4, -0.2) is 48.5 Å². The van der Waals surface area contributed by atoms with Crippen LogP contribution in [0.1, 0.15) is 47.5 Å². The van der Waals surface area contributed by atoms with Gasteiger partial charge in [-0.15, -0.1) is 0 Å². The van der Waals surface area contributed by atoms with Gasteiger partial charge in [-0.1, -0.05) is 20.8 Å². The van der Waals surface area contributed by atoms with Crippen LogP contribution in [0.4, 0.5) is 0 Å². The van der Waals surface area contributed by atoms with E-state index in [1.54, 1.807) is 0 Å². The number of thioether (sulfide) groups is 1. The Bertz CT molecular complexity index is 384. The van der Waals surface area contributed by atoms with Gasteiger partial charge in [-0.05, 0) is 32.4 Å². The number of nitrogens with one attached hydrogen (secondary N) is 3. The Kier molecular flexibility index (Phi) is 7.53. The van der Waals surface area contributed by atoms with Gasteiger partial charge < -0.3 is 16.0 Å². The van der Waals surface area contributed by atoms with E-state index in [0.29, 0.717) is 13.1 Å². The first-order valence-electron chi connectivity index (χ1n) is 8.21. The van der Waals surface area contributed by atoms with Gasteiger partial charge in [0.05, 0.1) is 6.54 Å². The van der Waals surface area contributed by atoms with E-state index in [1.807, 2.05) is 32.5 Å². The van der Waals surface area contributed by atoms with Gasteiger partial charge in [-0.25, -0.2) is 0 Å². The van der Waals surface area contributed by atoms with E-state index < -0.39 is 0 Å². The predicted molar refractivity (Wildman–Crippen MR) is 96.5 cm³/mol. The maximum Gasteiger partial charge on any atom is 0.225 e. The average molecular weight is 329 g/mol. The van der Waals surface area contributed by atoms with Gasteiger partial charge in [0.1, 0.15) is 0 Å². The Morgan fingerprint density at radius 2 is 1.91 bits per heavy atom. The first kappa shape index (κ1) is 19.1. The van der Waals surface area contributed by atoms with Crippen LogP contribution in [0.2, 0.25) is 0 Å². The van der Waals surface area contributed by atoms with E-state index in [1.165, 1.54) is 18.6 Å². The molecular formula is C16H32N4OS. The molecule has 0 aliphatic carbocycles. The molecule has 1 saturated heterocycles. The van der Waals surface area contributed by atoms with Crippen LogP contribution in [0.15, 0.2) is 4.99 Å². The predicted octanol–water partition coefficient (Wildman–Crippen LogP) is 1.99. The fraction of sp³-hybridized carbons (Fsp3) is 0.875. The molecule has 1 rings (SSSR count). The van der Waals surface area contributed by atoms with Gasteiger partial charge in [0, 0.05) is 29.8 Å². The Hall–Kier alpha value is -0.910. The molecule has 1 atom stereocenters. The highest BCUT2D eigenvalue weighted by Gasteiger charge is 2.29. The number of rotatable bonds is 6. The molecule has 0 bridgehead atoms. The summed E-state index contributed by atoms with van der Waals surface area (Å²) < 4.78 is 0.281. The topological polar surface area (TPSA) is 65.5 Å². The van der Waals surface area contributed by atoms with Gasteiger partial charge in [-0.3, -0.25) is 9.79 Å². The smallest absolute Gasteiger partial charge is 0.225 e. The third-order valence-corrected chi connectivity index (χ3v) is 5.12. The minimum absolute atomic E-state index is 0.0751. The van der Waals surface area contributed by atoms with Gasteiger partial charge in [0.25, 0.3) is 0 Å². The molecule has 0 aromatic carbocycles. The van der Waals surface area contributed by atoms with Crippen LogP contribution >= 0.6 is 11.8 Å². The summed E-state index contributed by atoms with van der Waals surface area (Å²) >= 11 is 2.02. The van der Waals surface area contributed by atoms with Crippen LogP contribution in [0, 0.1) is 5.41 Å². The lowest BCUT2D eigenvalue weighted by Crippen LogP contribution is -2.44. The third kappa shape index (κ3) is 6.90. The highest BCUT2D eigenvalue weighted by molar-refractivity contribution is 8.00. The van der Waals surface area contributed by atoms with Crippen LogP contribution in [0.25, 0.3) is 0 Å².